The number of nitrogens with one attached hydrogen (secondary N) is 1. The Morgan fingerprint density at radius 2 is 2.03 bits per heavy atom. The van der Waals surface area contributed by atoms with Crippen molar-refractivity contribution >= 4 is 5.91 Å². The Bertz CT molecular complexity index is 1050. The van der Waals surface area contributed by atoms with Crippen molar-refractivity contribution in [2.75, 3.05) is 13.7 Å². The third-order valence-corrected chi connectivity index (χ3v) is 4.29. The van der Waals surface area contributed by atoms with E-state index in [-0.39, 0.29) is 23.7 Å². The Labute approximate surface area is 176 Å². The van der Waals surface area contributed by atoms with Crippen molar-refractivity contribution in [1.82, 2.24) is 20.1 Å². The number of carbonyl (C=O) groups is 1. The maximum atomic E-state index is 13.0. The number of hydrogen-bond donors (Lipinski definition) is 1. The highest BCUT2D eigenvalue weighted by atomic mass is 19.4. The first-order chi connectivity index (χ1) is 14.8. The van der Waals surface area contributed by atoms with E-state index < -0.39 is 17.6 Å². The van der Waals surface area contributed by atoms with Crippen LogP contribution < -0.4 is 14.8 Å². The van der Waals surface area contributed by atoms with Crippen LogP contribution in [-0.2, 0) is 12.7 Å². The van der Waals surface area contributed by atoms with Crippen LogP contribution in [0.25, 0.3) is 5.69 Å². The number of pyridine rings is 1. The van der Waals surface area contributed by atoms with Crippen LogP contribution in [0.3, 0.4) is 0 Å². The normalized spacial score (nSPS) is 11.3. The molecular weight excluding hydrogens is 413 g/mol. The van der Waals surface area contributed by atoms with E-state index in [1.807, 2.05) is 6.92 Å². The van der Waals surface area contributed by atoms with Gasteiger partial charge in [-0.2, -0.15) is 18.3 Å². The second kappa shape index (κ2) is 9.50. The third kappa shape index (κ3) is 5.33. The second-order valence-corrected chi connectivity index (χ2v) is 6.54. The second-order valence-electron chi connectivity index (χ2n) is 6.54. The lowest BCUT2D eigenvalue weighted by molar-refractivity contribution is -0.137. The van der Waals surface area contributed by atoms with Crippen LogP contribution >= 0.6 is 0 Å². The molecule has 0 unspecified atom stereocenters. The molecule has 0 saturated carbocycles. The molecule has 1 N–H and O–H groups in total. The van der Waals surface area contributed by atoms with Gasteiger partial charge >= 0.3 is 6.18 Å². The zero-order valence-electron chi connectivity index (χ0n) is 16.9. The van der Waals surface area contributed by atoms with E-state index in [0.29, 0.717) is 18.1 Å². The minimum absolute atomic E-state index is 0.0557. The topological polar surface area (TPSA) is 78.3 Å². The lowest BCUT2D eigenvalue weighted by Gasteiger charge is -2.10. The largest absolute Gasteiger partial charge is 0.493 e. The van der Waals surface area contributed by atoms with E-state index >= 15 is 0 Å². The molecule has 0 radical (unpaired) electrons. The van der Waals surface area contributed by atoms with E-state index in [1.54, 1.807) is 18.3 Å². The molecule has 0 aliphatic rings. The summed E-state index contributed by atoms with van der Waals surface area (Å²) in [6, 6.07) is 8.13. The highest BCUT2D eigenvalue weighted by molar-refractivity contribution is 5.94. The Balaban J connectivity index is 1.80. The van der Waals surface area contributed by atoms with Crippen LogP contribution in [0.5, 0.6) is 11.6 Å². The predicted molar refractivity (Wildman–Crippen MR) is 106 cm³/mol. The maximum Gasteiger partial charge on any atom is 0.416 e. The van der Waals surface area contributed by atoms with Gasteiger partial charge in [-0.25, -0.2) is 9.67 Å². The van der Waals surface area contributed by atoms with Crippen molar-refractivity contribution < 1.29 is 27.4 Å². The molecule has 0 atom stereocenters. The molecule has 2 heterocycles. The van der Waals surface area contributed by atoms with Crippen molar-refractivity contribution in [2.45, 2.75) is 26.1 Å². The molecule has 7 nitrogen and oxygen atoms in total. The standard InChI is InChI=1S/C21H21F3N4O3/c1-3-10-31-20-14(6-5-9-25-20)12-26-19(29)18-17(30-2)13-28(27-18)16-8-4-7-15(11-16)21(22,23)24/h4-9,11,13H,3,10,12H2,1-2H3,(H,26,29). The Morgan fingerprint density at radius 3 is 2.74 bits per heavy atom. The van der Waals surface area contributed by atoms with E-state index in [0.717, 1.165) is 18.6 Å². The van der Waals surface area contributed by atoms with Crippen molar-refractivity contribution in [2.24, 2.45) is 0 Å². The number of methoxy groups -OCH3 is 1. The number of nitrogens with zero attached hydrogens (tertiary/aromatic N) is 3. The van der Waals surface area contributed by atoms with Crippen LogP contribution in [-0.4, -0.2) is 34.4 Å². The average molecular weight is 434 g/mol. The number of aromatic nitrogens is 3. The molecule has 3 rings (SSSR count). The summed E-state index contributed by atoms with van der Waals surface area (Å²) in [5, 5.41) is 6.84. The number of amides is 1. The molecule has 10 heteroatoms. The smallest absolute Gasteiger partial charge is 0.416 e. The molecule has 0 bridgehead atoms. The summed E-state index contributed by atoms with van der Waals surface area (Å²) in [4.78, 5) is 16.8. The van der Waals surface area contributed by atoms with Crippen LogP contribution in [0.15, 0.2) is 48.8 Å². The van der Waals surface area contributed by atoms with Gasteiger partial charge in [0, 0.05) is 18.3 Å². The first kappa shape index (κ1) is 22.1. The molecule has 2 aromatic heterocycles. The molecule has 0 fully saturated rings. The van der Waals surface area contributed by atoms with Crippen molar-refractivity contribution in [3.63, 3.8) is 0 Å². The zero-order chi connectivity index (χ0) is 22.4. The van der Waals surface area contributed by atoms with Gasteiger partial charge in [-0.15, -0.1) is 0 Å². The first-order valence-corrected chi connectivity index (χ1v) is 9.49. The van der Waals surface area contributed by atoms with Crippen molar-refractivity contribution in [3.05, 3.63) is 65.6 Å². The highest BCUT2D eigenvalue weighted by Gasteiger charge is 2.30. The zero-order valence-corrected chi connectivity index (χ0v) is 16.9. The average Bonchev–Trinajstić information content (AvgIpc) is 3.21. The van der Waals surface area contributed by atoms with E-state index in [9.17, 15) is 18.0 Å². The number of rotatable bonds is 8. The molecule has 1 aromatic carbocycles. The summed E-state index contributed by atoms with van der Waals surface area (Å²) >= 11 is 0. The Hall–Kier alpha value is -3.56. The molecular formula is C21H21F3N4O3. The fraction of sp³-hybridized carbons (Fsp3) is 0.286. The molecule has 0 spiro atoms. The molecule has 31 heavy (non-hydrogen) atoms. The molecule has 0 saturated heterocycles. The quantitative estimate of drug-likeness (QED) is 0.580. The van der Waals surface area contributed by atoms with Gasteiger partial charge < -0.3 is 14.8 Å². The summed E-state index contributed by atoms with van der Waals surface area (Å²) in [7, 11) is 1.35. The van der Waals surface area contributed by atoms with Gasteiger partial charge in [0.2, 0.25) is 5.88 Å². The maximum absolute atomic E-state index is 13.0. The number of halogens is 3. The number of benzene rings is 1. The predicted octanol–water partition coefficient (Wildman–Crippen LogP) is 4.01. The number of ether oxygens (including phenoxy) is 2. The van der Waals surface area contributed by atoms with E-state index in [2.05, 4.69) is 15.4 Å². The van der Waals surface area contributed by atoms with Gasteiger partial charge in [0.1, 0.15) is 0 Å². The van der Waals surface area contributed by atoms with Gasteiger partial charge in [0.05, 0.1) is 31.2 Å². The summed E-state index contributed by atoms with van der Waals surface area (Å²) in [5.74, 6) is 0.00235. The summed E-state index contributed by atoms with van der Waals surface area (Å²) < 4.78 is 50.9. The van der Waals surface area contributed by atoms with Crippen LogP contribution in [0.1, 0.15) is 35.0 Å². The van der Waals surface area contributed by atoms with Crippen LogP contribution in [0, 0.1) is 0 Å². The molecule has 1 amide bonds. The highest BCUT2D eigenvalue weighted by Crippen LogP contribution is 2.30. The lowest BCUT2D eigenvalue weighted by Crippen LogP contribution is -2.24. The van der Waals surface area contributed by atoms with Crippen molar-refractivity contribution in [3.8, 4) is 17.3 Å². The third-order valence-electron chi connectivity index (χ3n) is 4.29. The summed E-state index contributed by atoms with van der Waals surface area (Å²) in [6.45, 7) is 2.59. The molecule has 0 aliphatic heterocycles. The van der Waals surface area contributed by atoms with E-state index in [4.69, 9.17) is 9.47 Å². The van der Waals surface area contributed by atoms with Crippen LogP contribution in [0.2, 0.25) is 0 Å². The SMILES string of the molecule is CCCOc1ncccc1CNC(=O)c1nn(-c2cccc(C(F)(F)F)c2)cc1OC. The Kier molecular flexibility index (Phi) is 6.78. The van der Waals surface area contributed by atoms with E-state index in [1.165, 1.54) is 30.1 Å². The minimum Gasteiger partial charge on any atom is -0.493 e. The minimum atomic E-state index is -4.49. The number of carbonyl (C=O) groups excluding carboxylic acids is 1. The monoisotopic (exact) mass is 434 g/mol. The van der Waals surface area contributed by atoms with Gasteiger partial charge in [0.25, 0.3) is 5.91 Å². The Morgan fingerprint density at radius 1 is 1.23 bits per heavy atom. The van der Waals surface area contributed by atoms with Gasteiger partial charge in [-0.05, 0) is 30.7 Å². The van der Waals surface area contributed by atoms with Gasteiger partial charge in [-0.3, -0.25) is 4.79 Å². The molecule has 0 aliphatic carbocycles. The van der Waals surface area contributed by atoms with Gasteiger partial charge in [0.15, 0.2) is 11.4 Å². The van der Waals surface area contributed by atoms with Gasteiger partial charge in [-0.1, -0.05) is 19.1 Å². The first-order valence-electron chi connectivity index (χ1n) is 9.49. The summed E-state index contributed by atoms with van der Waals surface area (Å²) in [5.41, 5.74) is -0.0447. The number of alkyl halides is 3. The number of hydrogen-bond acceptors (Lipinski definition) is 5. The molecule has 3 aromatic rings. The summed E-state index contributed by atoms with van der Waals surface area (Å²) in [6.07, 6.45) is -0.735. The van der Waals surface area contributed by atoms with Crippen molar-refractivity contribution in [1.29, 1.82) is 0 Å². The molecule has 164 valence electrons. The fourth-order valence-corrected chi connectivity index (χ4v) is 2.77. The van der Waals surface area contributed by atoms with Crippen LogP contribution in [0.4, 0.5) is 13.2 Å². The fourth-order valence-electron chi connectivity index (χ4n) is 2.77. The lowest BCUT2D eigenvalue weighted by atomic mass is 10.2.